The smallest absolute Gasteiger partial charge is 0.423 e. The number of benzene rings is 1. The Kier molecular flexibility index (Phi) is 5.37. The summed E-state index contributed by atoms with van der Waals surface area (Å²) in [7, 11) is -1.81. The van der Waals surface area contributed by atoms with Gasteiger partial charge in [-0.15, -0.1) is 22.7 Å². The number of unbranched alkanes of at least 4 members (excludes halogenated alkanes) is 1. The van der Waals surface area contributed by atoms with Gasteiger partial charge < -0.3 is 10.0 Å². The van der Waals surface area contributed by atoms with Crippen molar-refractivity contribution >= 4 is 44.7 Å². The van der Waals surface area contributed by atoms with Crippen LogP contribution in [0.25, 0.3) is 9.40 Å². The van der Waals surface area contributed by atoms with Crippen molar-refractivity contribution in [3.8, 4) is 11.8 Å². The van der Waals surface area contributed by atoms with Gasteiger partial charge in [0.25, 0.3) is 0 Å². The summed E-state index contributed by atoms with van der Waals surface area (Å²) in [5.74, 6) is 5.33. The number of aryl methyl sites for hydroxylation is 1. The Morgan fingerprint density at radius 2 is 1.88 bits per heavy atom. The lowest BCUT2D eigenvalue weighted by Gasteiger charge is -2.00. The first-order valence-electron chi connectivity index (χ1n) is 7.76. The predicted octanol–water partition coefficient (Wildman–Crippen LogP) is 3.52. The first-order valence-corrected chi connectivity index (χ1v) is 9.40. The molecule has 6 heteroatoms. The quantitative estimate of drug-likeness (QED) is 0.553. The molecule has 0 aliphatic rings. The fourth-order valence-corrected chi connectivity index (χ4v) is 4.69. The molecule has 122 valence electrons. The standard InChI is InChI=1S/C18H16BFO2S2/c1-2-3-4-13-10-17-18(23-13)11-14(24-17)7-5-12-6-8-15(19(21)22)16(20)9-12/h6,8-11,21-22H,2-4H2,1H3. The van der Waals surface area contributed by atoms with Crippen molar-refractivity contribution in [3.05, 3.63) is 51.5 Å². The van der Waals surface area contributed by atoms with Gasteiger partial charge in [-0.1, -0.05) is 31.3 Å². The fraction of sp³-hybridized carbons (Fsp3) is 0.222. The molecule has 0 saturated carbocycles. The van der Waals surface area contributed by atoms with Crippen LogP contribution in [0, 0.1) is 17.7 Å². The van der Waals surface area contributed by atoms with Crippen molar-refractivity contribution in [1.82, 2.24) is 0 Å². The van der Waals surface area contributed by atoms with E-state index in [0.29, 0.717) is 5.56 Å². The van der Waals surface area contributed by atoms with Gasteiger partial charge in [0.15, 0.2) is 0 Å². The van der Waals surface area contributed by atoms with Crippen molar-refractivity contribution in [3.63, 3.8) is 0 Å². The lowest BCUT2D eigenvalue weighted by molar-refractivity contribution is 0.423. The average molecular weight is 358 g/mol. The SMILES string of the molecule is CCCCc1cc2sc(C#Cc3ccc(B(O)O)c(F)c3)cc2s1. The molecular weight excluding hydrogens is 342 g/mol. The van der Waals surface area contributed by atoms with Gasteiger partial charge in [-0.25, -0.2) is 4.39 Å². The summed E-state index contributed by atoms with van der Waals surface area (Å²) >= 11 is 3.46. The number of rotatable bonds is 4. The third-order valence-corrected chi connectivity index (χ3v) is 5.91. The molecule has 3 aromatic rings. The van der Waals surface area contributed by atoms with E-state index in [9.17, 15) is 4.39 Å². The minimum atomic E-state index is -1.81. The van der Waals surface area contributed by atoms with E-state index in [2.05, 4.69) is 30.9 Å². The van der Waals surface area contributed by atoms with Crippen molar-refractivity contribution in [2.75, 3.05) is 0 Å². The van der Waals surface area contributed by atoms with E-state index < -0.39 is 12.9 Å². The highest BCUT2D eigenvalue weighted by Gasteiger charge is 2.15. The fourth-order valence-electron chi connectivity index (χ4n) is 2.37. The van der Waals surface area contributed by atoms with Crippen LogP contribution in [0.15, 0.2) is 30.3 Å². The van der Waals surface area contributed by atoms with Gasteiger partial charge in [-0.05, 0) is 37.1 Å². The van der Waals surface area contributed by atoms with Gasteiger partial charge in [-0.2, -0.15) is 0 Å². The minimum absolute atomic E-state index is 0.142. The van der Waals surface area contributed by atoms with Crippen LogP contribution < -0.4 is 5.46 Å². The van der Waals surface area contributed by atoms with E-state index in [0.717, 1.165) is 11.3 Å². The van der Waals surface area contributed by atoms with Gasteiger partial charge in [0, 0.05) is 25.3 Å². The number of halogens is 1. The molecule has 3 rings (SSSR count). The maximum atomic E-state index is 13.7. The topological polar surface area (TPSA) is 40.5 Å². The van der Waals surface area contributed by atoms with Crippen LogP contribution in [0.3, 0.4) is 0 Å². The zero-order chi connectivity index (χ0) is 17.1. The zero-order valence-electron chi connectivity index (χ0n) is 13.2. The number of hydrogen-bond acceptors (Lipinski definition) is 4. The lowest BCUT2D eigenvalue weighted by atomic mass is 9.79. The molecule has 2 N–H and O–H groups in total. The number of fused-ring (bicyclic) bond motifs is 1. The first kappa shape index (κ1) is 17.2. The summed E-state index contributed by atoms with van der Waals surface area (Å²) in [5.41, 5.74) is 0.370. The number of hydrogen-bond donors (Lipinski definition) is 2. The summed E-state index contributed by atoms with van der Waals surface area (Å²) < 4.78 is 16.2. The third-order valence-electron chi connectivity index (χ3n) is 3.64. The molecule has 0 atom stereocenters. The molecule has 0 amide bonds. The van der Waals surface area contributed by atoms with Gasteiger partial charge in [0.1, 0.15) is 5.82 Å². The molecule has 0 aliphatic heterocycles. The van der Waals surface area contributed by atoms with Crippen LogP contribution in [0.1, 0.15) is 35.1 Å². The van der Waals surface area contributed by atoms with Gasteiger partial charge in [-0.3, -0.25) is 0 Å². The summed E-state index contributed by atoms with van der Waals surface area (Å²) in [6.07, 6.45) is 3.54. The highest BCUT2D eigenvalue weighted by molar-refractivity contribution is 7.28. The maximum absolute atomic E-state index is 13.7. The Morgan fingerprint density at radius 1 is 1.08 bits per heavy atom. The zero-order valence-corrected chi connectivity index (χ0v) is 14.8. The molecule has 2 nitrogen and oxygen atoms in total. The van der Waals surface area contributed by atoms with Crippen LogP contribution >= 0.6 is 22.7 Å². The molecule has 2 aromatic heterocycles. The second-order valence-electron chi connectivity index (χ2n) is 5.52. The van der Waals surface area contributed by atoms with E-state index in [-0.39, 0.29) is 5.46 Å². The molecular formula is C18H16BFO2S2. The highest BCUT2D eigenvalue weighted by atomic mass is 32.1. The second-order valence-corrected chi connectivity index (χ2v) is 7.77. The molecule has 0 aliphatic carbocycles. The molecule has 0 unspecified atom stereocenters. The Labute approximate surface area is 148 Å². The Balaban J connectivity index is 1.79. The van der Waals surface area contributed by atoms with E-state index in [1.807, 2.05) is 11.3 Å². The van der Waals surface area contributed by atoms with Gasteiger partial charge in [0.2, 0.25) is 0 Å². The highest BCUT2D eigenvalue weighted by Crippen LogP contribution is 2.33. The van der Waals surface area contributed by atoms with Gasteiger partial charge >= 0.3 is 7.12 Å². The Bertz CT molecular complexity index is 887. The molecule has 0 saturated heterocycles. The molecule has 0 fully saturated rings. The molecule has 0 spiro atoms. The third kappa shape index (κ3) is 3.88. The van der Waals surface area contributed by atoms with E-state index in [1.54, 1.807) is 17.4 Å². The molecule has 24 heavy (non-hydrogen) atoms. The molecule has 1 aromatic carbocycles. The van der Waals surface area contributed by atoms with Crippen LogP contribution in [-0.2, 0) is 6.42 Å². The van der Waals surface area contributed by atoms with Crippen molar-refractivity contribution in [1.29, 1.82) is 0 Å². The van der Waals surface area contributed by atoms with E-state index in [4.69, 9.17) is 10.0 Å². The van der Waals surface area contributed by atoms with Crippen LogP contribution in [-0.4, -0.2) is 17.2 Å². The first-order chi connectivity index (χ1) is 11.6. The van der Waals surface area contributed by atoms with Crippen molar-refractivity contribution in [2.24, 2.45) is 0 Å². The normalized spacial score (nSPS) is 10.7. The predicted molar refractivity (Wildman–Crippen MR) is 101 cm³/mol. The summed E-state index contributed by atoms with van der Waals surface area (Å²) in [6, 6.07) is 8.47. The molecule has 0 bridgehead atoms. The summed E-state index contributed by atoms with van der Waals surface area (Å²) in [5, 5.41) is 18.0. The Morgan fingerprint density at radius 3 is 2.54 bits per heavy atom. The van der Waals surface area contributed by atoms with Crippen LogP contribution in [0.4, 0.5) is 4.39 Å². The Hall–Kier alpha value is -1.65. The summed E-state index contributed by atoms with van der Waals surface area (Å²) in [6.45, 7) is 2.19. The van der Waals surface area contributed by atoms with Crippen LogP contribution in [0.5, 0.6) is 0 Å². The molecule has 2 heterocycles. The minimum Gasteiger partial charge on any atom is -0.423 e. The van der Waals surface area contributed by atoms with Crippen LogP contribution in [0.2, 0.25) is 0 Å². The number of thiophene rings is 2. The van der Waals surface area contributed by atoms with Crippen molar-refractivity contribution in [2.45, 2.75) is 26.2 Å². The van der Waals surface area contributed by atoms with E-state index in [1.165, 1.54) is 39.3 Å². The van der Waals surface area contributed by atoms with Crippen molar-refractivity contribution < 1.29 is 14.4 Å². The van der Waals surface area contributed by atoms with Gasteiger partial charge in [0.05, 0.1) is 4.88 Å². The second kappa shape index (κ2) is 7.50. The largest absolute Gasteiger partial charge is 0.491 e. The average Bonchev–Trinajstić information content (AvgIpc) is 3.08. The monoisotopic (exact) mass is 358 g/mol. The maximum Gasteiger partial charge on any atom is 0.491 e. The molecule has 0 radical (unpaired) electrons. The van der Waals surface area contributed by atoms with E-state index >= 15 is 0 Å². The lowest BCUT2D eigenvalue weighted by Crippen LogP contribution is -2.32. The summed E-state index contributed by atoms with van der Waals surface area (Å²) in [4.78, 5) is 2.36.